The predicted octanol–water partition coefficient (Wildman–Crippen LogP) is 5.34. The van der Waals surface area contributed by atoms with E-state index in [1.165, 1.54) is 0 Å². The molecule has 0 spiro atoms. The molecule has 3 aromatic carbocycles. The number of hydrogen-bond donors (Lipinski definition) is 1. The molecule has 1 aliphatic rings. The molecule has 0 radical (unpaired) electrons. The molecule has 0 aromatic heterocycles. The molecule has 1 aliphatic heterocycles. The fourth-order valence-corrected chi connectivity index (χ4v) is 3.45. The zero-order chi connectivity index (χ0) is 20.8. The van der Waals surface area contributed by atoms with Gasteiger partial charge in [0, 0.05) is 18.1 Å². The van der Waals surface area contributed by atoms with Crippen molar-refractivity contribution in [3.63, 3.8) is 0 Å². The van der Waals surface area contributed by atoms with E-state index < -0.39 is 0 Å². The number of hydrogen-bond acceptors (Lipinski definition) is 5. The van der Waals surface area contributed by atoms with Gasteiger partial charge in [0.25, 0.3) is 0 Å². The summed E-state index contributed by atoms with van der Waals surface area (Å²) in [4.78, 5) is 0. The zero-order valence-electron chi connectivity index (χ0n) is 16.8. The van der Waals surface area contributed by atoms with E-state index in [1.807, 2.05) is 67.6 Å². The van der Waals surface area contributed by atoms with Crippen LogP contribution in [0.15, 0.2) is 60.7 Å². The molecule has 1 N–H and O–H groups in total. The first-order valence-corrected chi connectivity index (χ1v) is 10.3. The van der Waals surface area contributed by atoms with E-state index in [0.717, 1.165) is 46.2 Å². The minimum absolute atomic E-state index is 0.290. The first-order valence-electron chi connectivity index (χ1n) is 9.93. The number of fused-ring (bicyclic) bond motifs is 1. The predicted molar refractivity (Wildman–Crippen MR) is 117 cm³/mol. The van der Waals surface area contributed by atoms with Crippen molar-refractivity contribution < 1.29 is 18.9 Å². The highest BCUT2D eigenvalue weighted by Gasteiger charge is 2.13. The number of rotatable bonds is 9. The molecule has 0 fully saturated rings. The normalized spacial score (nSPS) is 12.1. The van der Waals surface area contributed by atoms with Gasteiger partial charge in [-0.15, -0.1) is 0 Å². The third kappa shape index (κ3) is 5.17. The van der Waals surface area contributed by atoms with E-state index in [0.29, 0.717) is 24.8 Å². The van der Waals surface area contributed by atoms with Gasteiger partial charge in [0.2, 0.25) is 6.79 Å². The van der Waals surface area contributed by atoms with Gasteiger partial charge >= 0.3 is 0 Å². The van der Waals surface area contributed by atoms with Gasteiger partial charge in [0.15, 0.2) is 23.0 Å². The van der Waals surface area contributed by atoms with Crippen LogP contribution in [-0.4, -0.2) is 13.4 Å². The Kier molecular flexibility index (Phi) is 6.62. The quantitative estimate of drug-likeness (QED) is 0.501. The van der Waals surface area contributed by atoms with Crippen molar-refractivity contribution >= 4 is 11.6 Å². The molecule has 6 heteroatoms. The first-order chi connectivity index (χ1) is 14.7. The van der Waals surface area contributed by atoms with Crippen LogP contribution in [0.3, 0.4) is 0 Å². The Morgan fingerprint density at radius 1 is 0.833 bits per heavy atom. The highest BCUT2D eigenvalue weighted by atomic mass is 35.5. The van der Waals surface area contributed by atoms with Crippen LogP contribution in [0.5, 0.6) is 23.0 Å². The minimum Gasteiger partial charge on any atom is -0.490 e. The maximum absolute atomic E-state index is 6.05. The number of benzene rings is 3. The summed E-state index contributed by atoms with van der Waals surface area (Å²) in [5.41, 5.74) is 3.28. The molecule has 0 amide bonds. The summed E-state index contributed by atoms with van der Waals surface area (Å²) in [5.74, 6) is 3.06. The fraction of sp³-hybridized carbons (Fsp3) is 0.250. The van der Waals surface area contributed by atoms with E-state index in [4.69, 9.17) is 30.5 Å². The molecule has 1 heterocycles. The highest BCUT2D eigenvalue weighted by molar-refractivity contribution is 6.30. The van der Waals surface area contributed by atoms with Crippen molar-refractivity contribution in [3.8, 4) is 23.0 Å². The van der Waals surface area contributed by atoms with Gasteiger partial charge in [0.05, 0.1) is 6.61 Å². The lowest BCUT2D eigenvalue weighted by Gasteiger charge is -2.14. The van der Waals surface area contributed by atoms with E-state index in [9.17, 15) is 0 Å². The third-order valence-electron chi connectivity index (χ3n) is 4.69. The molecule has 0 saturated heterocycles. The minimum atomic E-state index is 0.290. The van der Waals surface area contributed by atoms with Crippen molar-refractivity contribution in [3.05, 3.63) is 82.4 Å². The summed E-state index contributed by atoms with van der Waals surface area (Å²) >= 11 is 6.05. The highest BCUT2D eigenvalue weighted by Crippen LogP contribution is 2.32. The van der Waals surface area contributed by atoms with Gasteiger partial charge in [-0.1, -0.05) is 35.9 Å². The van der Waals surface area contributed by atoms with Crippen LogP contribution < -0.4 is 24.3 Å². The average Bonchev–Trinajstić information content (AvgIpc) is 3.21. The second-order valence-corrected chi connectivity index (χ2v) is 7.36. The molecule has 156 valence electrons. The van der Waals surface area contributed by atoms with Crippen LogP contribution in [0, 0.1) is 0 Å². The molecule has 4 rings (SSSR count). The Bertz CT molecular complexity index is 1010. The molecule has 30 heavy (non-hydrogen) atoms. The summed E-state index contributed by atoms with van der Waals surface area (Å²) in [6.07, 6.45) is 0. The van der Waals surface area contributed by atoms with Crippen molar-refractivity contribution in [1.29, 1.82) is 0 Å². The van der Waals surface area contributed by atoms with Crippen molar-refractivity contribution in [2.45, 2.75) is 26.6 Å². The molecule has 5 nitrogen and oxygen atoms in total. The van der Waals surface area contributed by atoms with E-state index in [2.05, 4.69) is 5.32 Å². The summed E-state index contributed by atoms with van der Waals surface area (Å²) < 4.78 is 22.6. The van der Waals surface area contributed by atoms with Crippen LogP contribution >= 0.6 is 11.6 Å². The van der Waals surface area contributed by atoms with Gasteiger partial charge < -0.3 is 24.3 Å². The Labute approximate surface area is 181 Å². The fourth-order valence-electron chi connectivity index (χ4n) is 3.24. The number of nitrogens with one attached hydrogen (secondary N) is 1. The smallest absolute Gasteiger partial charge is 0.231 e. The summed E-state index contributed by atoms with van der Waals surface area (Å²) in [5, 5.41) is 4.15. The van der Waals surface area contributed by atoms with E-state index in [-0.39, 0.29) is 6.79 Å². The maximum atomic E-state index is 6.05. The molecule has 0 aliphatic carbocycles. The standard InChI is InChI=1S/C24H24ClNO4/c1-2-27-23-11-17(6-8-21(23)28-15-19-4-3-5-20(25)10-19)13-26-14-18-7-9-22-24(12-18)30-16-29-22/h3-12,26H,2,13-16H2,1H3. The monoisotopic (exact) mass is 425 g/mol. The topological polar surface area (TPSA) is 49.0 Å². The Morgan fingerprint density at radius 2 is 1.63 bits per heavy atom. The van der Waals surface area contributed by atoms with Crippen molar-refractivity contribution in [2.24, 2.45) is 0 Å². The Balaban J connectivity index is 1.36. The van der Waals surface area contributed by atoms with Gasteiger partial charge in [-0.3, -0.25) is 0 Å². The van der Waals surface area contributed by atoms with Crippen molar-refractivity contribution in [2.75, 3.05) is 13.4 Å². The van der Waals surface area contributed by atoms with E-state index >= 15 is 0 Å². The van der Waals surface area contributed by atoms with Crippen LogP contribution in [0.4, 0.5) is 0 Å². The summed E-state index contributed by atoms with van der Waals surface area (Å²) in [7, 11) is 0. The van der Waals surface area contributed by atoms with Crippen LogP contribution in [0.25, 0.3) is 0 Å². The van der Waals surface area contributed by atoms with Crippen LogP contribution in [0.2, 0.25) is 5.02 Å². The Hall–Kier alpha value is -2.89. The van der Waals surface area contributed by atoms with Gasteiger partial charge in [0.1, 0.15) is 6.61 Å². The molecule has 0 bridgehead atoms. The maximum Gasteiger partial charge on any atom is 0.231 e. The number of ether oxygens (including phenoxy) is 4. The van der Waals surface area contributed by atoms with Gasteiger partial charge in [-0.2, -0.15) is 0 Å². The Morgan fingerprint density at radius 3 is 2.47 bits per heavy atom. The molecule has 0 atom stereocenters. The first kappa shape index (κ1) is 20.4. The largest absolute Gasteiger partial charge is 0.490 e. The van der Waals surface area contributed by atoms with Crippen LogP contribution in [0.1, 0.15) is 23.6 Å². The molecule has 0 saturated carbocycles. The molecule has 0 unspecified atom stereocenters. The van der Waals surface area contributed by atoms with E-state index in [1.54, 1.807) is 0 Å². The molecular weight excluding hydrogens is 402 g/mol. The second-order valence-electron chi connectivity index (χ2n) is 6.92. The average molecular weight is 426 g/mol. The van der Waals surface area contributed by atoms with Crippen molar-refractivity contribution in [1.82, 2.24) is 5.32 Å². The number of halogens is 1. The lowest BCUT2D eigenvalue weighted by molar-refractivity contribution is 0.174. The zero-order valence-corrected chi connectivity index (χ0v) is 17.6. The lowest BCUT2D eigenvalue weighted by atomic mass is 10.1. The third-order valence-corrected chi connectivity index (χ3v) is 4.92. The van der Waals surface area contributed by atoms with Crippen LogP contribution in [-0.2, 0) is 19.7 Å². The summed E-state index contributed by atoms with van der Waals surface area (Å²) in [6.45, 7) is 4.70. The SMILES string of the molecule is CCOc1cc(CNCc2ccc3c(c2)OCO3)ccc1OCc1cccc(Cl)c1. The van der Waals surface area contributed by atoms with Gasteiger partial charge in [-0.25, -0.2) is 0 Å². The lowest BCUT2D eigenvalue weighted by Crippen LogP contribution is -2.13. The molecule has 3 aromatic rings. The van der Waals surface area contributed by atoms with Gasteiger partial charge in [-0.05, 0) is 60.0 Å². The second kappa shape index (κ2) is 9.74. The summed E-state index contributed by atoms with van der Waals surface area (Å²) in [6, 6.07) is 19.7. The molecular formula is C24H24ClNO4.